The molecule has 2 aliphatic heterocycles. The van der Waals surface area contributed by atoms with Gasteiger partial charge >= 0.3 is 6.09 Å². The SMILES string of the molecule is COC[C@H]1C[C@@H](c2nc3c(ccc4cc(-c5ccc6c(ccc7[nH]c([C@@H]8CC9C(C)C9N8C(=O)C(NC(=O)OC)C(C)(C)C)nc76)c5)ccc43)[nH]2)N(C(=O)[C@H](NC(=O)C2CC2)c2ccccc2)C1. The number of aromatic amines is 2. The Morgan fingerprint density at radius 1 is 0.765 bits per heavy atom. The Hall–Kier alpha value is -6.80. The molecule has 2 saturated heterocycles. The molecule has 0 radical (unpaired) electrons. The van der Waals surface area contributed by atoms with Crippen LogP contribution in [-0.2, 0) is 23.9 Å². The Morgan fingerprint density at radius 2 is 1.38 bits per heavy atom. The predicted octanol–water partition coefficient (Wildman–Crippen LogP) is 8.89. The molecule has 4 heterocycles. The summed E-state index contributed by atoms with van der Waals surface area (Å²) in [5, 5.41) is 10.0. The fraction of sp³-hybridized carbons (Fsp3) is 0.407. The largest absolute Gasteiger partial charge is 0.453 e. The first kappa shape index (κ1) is 43.8. The zero-order chi connectivity index (χ0) is 47.2. The number of hydrogen-bond acceptors (Lipinski definition) is 8. The second-order valence-electron chi connectivity index (χ2n) is 20.7. The number of piperidine rings is 1. The number of ether oxygens (including phenoxy) is 2. The maximum Gasteiger partial charge on any atom is 0.407 e. The van der Waals surface area contributed by atoms with Crippen LogP contribution >= 0.6 is 0 Å². The van der Waals surface area contributed by atoms with Crippen LogP contribution in [0.3, 0.4) is 0 Å². The van der Waals surface area contributed by atoms with Crippen LogP contribution in [-0.4, -0.2) is 93.0 Å². The van der Waals surface area contributed by atoms with Gasteiger partial charge in [0.25, 0.3) is 0 Å². The molecule has 4 N–H and O–H groups in total. The minimum atomic E-state index is -0.796. The lowest BCUT2D eigenvalue weighted by Crippen LogP contribution is -2.55. The molecule has 14 nitrogen and oxygen atoms in total. The Labute approximate surface area is 394 Å². The third-order valence-electron chi connectivity index (χ3n) is 15.1. The maximum absolute atomic E-state index is 14.6. The molecule has 350 valence electrons. The first-order chi connectivity index (χ1) is 32.8. The minimum absolute atomic E-state index is 0.0336. The minimum Gasteiger partial charge on any atom is -0.453 e. The number of carbonyl (C=O) groups is 4. The van der Waals surface area contributed by atoms with Crippen molar-refractivity contribution in [3.63, 3.8) is 0 Å². The number of amides is 4. The second kappa shape index (κ2) is 16.8. The van der Waals surface area contributed by atoms with Gasteiger partial charge in [0.15, 0.2) is 0 Å². The van der Waals surface area contributed by atoms with Crippen LogP contribution in [0, 0.1) is 29.1 Å². The molecule has 11 rings (SSSR count). The van der Waals surface area contributed by atoms with Crippen LogP contribution in [0.2, 0.25) is 0 Å². The van der Waals surface area contributed by atoms with E-state index in [4.69, 9.17) is 19.4 Å². The number of H-pyrrole nitrogens is 2. The van der Waals surface area contributed by atoms with Crippen molar-refractivity contribution in [2.24, 2.45) is 29.1 Å². The maximum atomic E-state index is 14.6. The molecule has 5 aromatic carbocycles. The fourth-order valence-corrected chi connectivity index (χ4v) is 11.2. The van der Waals surface area contributed by atoms with Crippen molar-refractivity contribution in [1.82, 2.24) is 40.4 Å². The summed E-state index contributed by atoms with van der Waals surface area (Å²) in [5.74, 6) is 1.99. The molecule has 0 spiro atoms. The van der Waals surface area contributed by atoms with E-state index < -0.39 is 23.6 Å². The normalized spacial score (nSPS) is 23.3. The first-order valence-corrected chi connectivity index (χ1v) is 24.0. The molecular formula is C54H58N8O6. The van der Waals surface area contributed by atoms with Gasteiger partial charge < -0.3 is 39.9 Å². The van der Waals surface area contributed by atoms with Gasteiger partial charge in [0.2, 0.25) is 17.7 Å². The zero-order valence-electron chi connectivity index (χ0n) is 39.3. The summed E-state index contributed by atoms with van der Waals surface area (Å²) in [6, 6.07) is 28.8. The van der Waals surface area contributed by atoms with E-state index in [1.54, 1.807) is 7.11 Å². The third kappa shape index (κ3) is 7.72. The molecule has 14 heteroatoms. The average molecular weight is 915 g/mol. The number of carbonyl (C=O) groups excluding carboxylic acids is 4. The van der Waals surface area contributed by atoms with Gasteiger partial charge in [0.1, 0.15) is 23.7 Å². The van der Waals surface area contributed by atoms with Gasteiger partial charge in [0, 0.05) is 42.3 Å². The highest BCUT2D eigenvalue weighted by molar-refractivity contribution is 6.07. The van der Waals surface area contributed by atoms with Crippen LogP contribution in [0.4, 0.5) is 4.79 Å². The number of fused-ring (bicyclic) bond motifs is 7. The van der Waals surface area contributed by atoms with Crippen molar-refractivity contribution in [2.45, 2.75) is 83.6 Å². The highest BCUT2D eigenvalue weighted by atomic mass is 16.5. The summed E-state index contributed by atoms with van der Waals surface area (Å²) in [5.41, 5.74) is 5.85. The van der Waals surface area contributed by atoms with Gasteiger partial charge in [-0.05, 0) is 94.7 Å². The van der Waals surface area contributed by atoms with Crippen molar-refractivity contribution in [2.75, 3.05) is 27.4 Å². The molecule has 68 heavy (non-hydrogen) atoms. The summed E-state index contributed by atoms with van der Waals surface area (Å²) in [7, 11) is 3.00. The molecule has 2 aliphatic carbocycles. The summed E-state index contributed by atoms with van der Waals surface area (Å²) in [4.78, 5) is 75.8. The molecular weight excluding hydrogens is 857 g/mol. The molecule has 2 saturated carbocycles. The van der Waals surface area contributed by atoms with E-state index in [1.807, 2.05) is 60.9 Å². The van der Waals surface area contributed by atoms with Crippen LogP contribution in [0.25, 0.3) is 54.7 Å². The number of aromatic nitrogens is 4. The number of methoxy groups -OCH3 is 2. The lowest BCUT2D eigenvalue weighted by atomic mass is 9.85. The Balaban J connectivity index is 0.871. The monoisotopic (exact) mass is 914 g/mol. The van der Waals surface area contributed by atoms with Gasteiger partial charge in [-0.1, -0.05) is 94.4 Å². The van der Waals surface area contributed by atoms with Gasteiger partial charge in [0.05, 0.1) is 47.9 Å². The van der Waals surface area contributed by atoms with E-state index in [0.29, 0.717) is 31.4 Å². The Bertz CT molecular complexity index is 3130. The summed E-state index contributed by atoms with van der Waals surface area (Å²) in [6.45, 7) is 9.06. The average Bonchev–Trinajstić information content (AvgIpc) is 3.95. The number of likely N-dealkylation sites (tertiary alicyclic amines) is 2. The van der Waals surface area contributed by atoms with E-state index in [-0.39, 0.29) is 47.7 Å². The van der Waals surface area contributed by atoms with Crippen LogP contribution in [0.1, 0.15) is 88.7 Å². The van der Waals surface area contributed by atoms with E-state index in [0.717, 1.165) is 91.2 Å². The molecule has 2 aromatic heterocycles. The zero-order valence-corrected chi connectivity index (χ0v) is 39.3. The van der Waals surface area contributed by atoms with Crippen molar-refractivity contribution in [1.29, 1.82) is 0 Å². The lowest BCUT2D eigenvalue weighted by molar-refractivity contribution is -0.138. The van der Waals surface area contributed by atoms with Crippen LogP contribution in [0.15, 0.2) is 91.0 Å². The highest BCUT2D eigenvalue weighted by Gasteiger charge is 2.62. The molecule has 8 atom stereocenters. The van der Waals surface area contributed by atoms with E-state index >= 15 is 0 Å². The predicted molar refractivity (Wildman–Crippen MR) is 260 cm³/mol. The van der Waals surface area contributed by atoms with E-state index in [1.165, 1.54) is 7.11 Å². The van der Waals surface area contributed by atoms with Crippen molar-refractivity contribution >= 4 is 67.4 Å². The summed E-state index contributed by atoms with van der Waals surface area (Å²) < 4.78 is 10.5. The Morgan fingerprint density at radius 3 is 1.96 bits per heavy atom. The number of benzene rings is 5. The van der Waals surface area contributed by atoms with Crippen molar-refractivity contribution in [3.05, 3.63) is 108 Å². The van der Waals surface area contributed by atoms with Crippen molar-refractivity contribution < 1.29 is 28.7 Å². The lowest BCUT2D eigenvalue weighted by Gasteiger charge is -2.36. The number of rotatable bonds is 11. The number of nitrogens with zero attached hydrogens (tertiary/aromatic N) is 4. The number of imidazole rings is 2. The molecule has 0 bridgehead atoms. The number of hydrogen-bond donors (Lipinski definition) is 4. The second-order valence-corrected chi connectivity index (χ2v) is 20.7. The molecule has 4 unspecified atom stereocenters. The summed E-state index contributed by atoms with van der Waals surface area (Å²) in [6.07, 6.45) is 2.57. The molecule has 4 aliphatic rings. The first-order valence-electron chi connectivity index (χ1n) is 24.0. The van der Waals surface area contributed by atoms with Gasteiger partial charge in [-0.25, -0.2) is 14.8 Å². The molecule has 7 aromatic rings. The molecule has 4 fully saturated rings. The van der Waals surface area contributed by atoms with E-state index in [9.17, 15) is 19.2 Å². The fourth-order valence-electron chi connectivity index (χ4n) is 11.2. The number of alkyl carbamates (subject to hydrolysis) is 1. The van der Waals surface area contributed by atoms with Crippen molar-refractivity contribution in [3.8, 4) is 11.1 Å². The van der Waals surface area contributed by atoms with Gasteiger partial charge in [-0.15, -0.1) is 0 Å². The van der Waals surface area contributed by atoms with Crippen LogP contribution < -0.4 is 10.6 Å². The van der Waals surface area contributed by atoms with Crippen LogP contribution in [0.5, 0.6) is 0 Å². The molecule has 4 amide bonds. The topological polar surface area (TPSA) is 175 Å². The highest BCUT2D eigenvalue weighted by Crippen LogP contribution is 2.58. The Kier molecular flexibility index (Phi) is 10.8. The third-order valence-corrected chi connectivity index (χ3v) is 15.1. The standard InChI is InChI=1S/C54H58N8O6/c1-28-38-25-42(62(46(28)38)52(65)47(54(2,3)4)60-53(66)68-6)49-56-40-21-17-35-24-33(15-19-37(35)45(40)58-49)32-14-18-36-34(23-32)16-20-39-44(36)57-48(55-39)41-22-29(27-67-5)26-61(41)51(64)43(30-10-8-7-9-11-30)59-50(63)31-12-13-31/h7-11,14-21,23-24,28-29,31,38,41-43,46-47H,12-13,22,25-27H2,1-6H3,(H,55,57)(H,56,58)(H,59,63)(H,60,66)/t28?,29-,38?,41-,42-,43+,46?,47?/m0/s1. The summed E-state index contributed by atoms with van der Waals surface area (Å²) >= 11 is 0. The number of nitrogens with one attached hydrogen (secondary N) is 4. The van der Waals surface area contributed by atoms with E-state index in [2.05, 4.69) is 88.2 Å². The van der Waals surface area contributed by atoms with Gasteiger partial charge in [-0.2, -0.15) is 0 Å². The smallest absolute Gasteiger partial charge is 0.407 e. The van der Waals surface area contributed by atoms with Gasteiger partial charge in [-0.3, -0.25) is 14.4 Å². The quantitative estimate of drug-likeness (QED) is 0.0996.